The summed E-state index contributed by atoms with van der Waals surface area (Å²) in [6.07, 6.45) is 1.46. The Kier molecular flexibility index (Phi) is 9.47. The Morgan fingerprint density at radius 3 is 2.47 bits per heavy atom. The summed E-state index contributed by atoms with van der Waals surface area (Å²) in [4.78, 5) is 37.3. The Morgan fingerprint density at radius 1 is 1.12 bits per heavy atom. The third-order valence-corrected chi connectivity index (χ3v) is 11.3. The molecule has 0 saturated carbocycles. The van der Waals surface area contributed by atoms with Crippen molar-refractivity contribution in [2.75, 3.05) is 44.7 Å². The van der Waals surface area contributed by atoms with Gasteiger partial charge >= 0.3 is 6.09 Å². The van der Waals surface area contributed by atoms with Gasteiger partial charge in [-0.05, 0) is 87.9 Å². The van der Waals surface area contributed by atoms with Crippen LogP contribution < -0.4 is 13.8 Å². The number of amides is 2. The van der Waals surface area contributed by atoms with Crippen LogP contribution in [0.15, 0.2) is 65.7 Å². The molecule has 0 spiro atoms. The minimum absolute atomic E-state index is 0.144. The number of ether oxygens (including phenoxy) is 2. The van der Waals surface area contributed by atoms with Crippen LogP contribution >= 0.6 is 0 Å². The monoisotopic (exact) mass is 692 g/mol. The first-order valence-electron chi connectivity index (χ1n) is 16.0. The fourth-order valence-electron chi connectivity index (χ4n) is 7.39. The second-order valence-corrected chi connectivity index (χ2v) is 14.1. The second kappa shape index (κ2) is 13.6. The molecular weight excluding hydrogens is 655 g/mol. The zero-order chi connectivity index (χ0) is 35.0. The number of carbonyl (C=O) groups excluding carboxylic acids is 1. The molecule has 0 aliphatic carbocycles. The van der Waals surface area contributed by atoms with Crippen molar-refractivity contribution in [1.29, 1.82) is 5.26 Å². The number of carbonyl (C=O) groups is 2. The number of carboxylic acid groups (broad SMARTS) is 1. The van der Waals surface area contributed by atoms with E-state index in [0.29, 0.717) is 28.5 Å². The number of fused-ring (bicyclic) bond motifs is 1. The highest BCUT2D eigenvalue weighted by atomic mass is 32.2. The number of halogens is 1. The van der Waals surface area contributed by atoms with Crippen molar-refractivity contribution in [3.05, 3.63) is 77.7 Å². The number of hydrogen-bond donors (Lipinski definition) is 1. The molecule has 13 nitrogen and oxygen atoms in total. The summed E-state index contributed by atoms with van der Waals surface area (Å²) >= 11 is 0. The highest BCUT2D eigenvalue weighted by Crippen LogP contribution is 2.51. The average molecular weight is 693 g/mol. The number of benzene rings is 2. The van der Waals surface area contributed by atoms with Crippen LogP contribution in [0.5, 0.6) is 11.6 Å². The van der Waals surface area contributed by atoms with Gasteiger partial charge in [0, 0.05) is 17.8 Å². The largest absolute Gasteiger partial charge is 0.497 e. The number of nitriles is 1. The molecule has 15 heteroatoms. The maximum Gasteiger partial charge on any atom is 0.407 e. The zero-order valence-electron chi connectivity index (χ0n) is 27.3. The van der Waals surface area contributed by atoms with Crippen molar-refractivity contribution in [3.63, 3.8) is 0 Å². The molecule has 6 rings (SSSR count). The molecule has 4 atom stereocenters. The highest BCUT2D eigenvalue weighted by Gasteiger charge is 2.57. The molecule has 49 heavy (non-hydrogen) atoms. The predicted molar refractivity (Wildman–Crippen MR) is 175 cm³/mol. The van der Waals surface area contributed by atoms with E-state index in [9.17, 15) is 32.8 Å². The Labute approximate surface area is 284 Å². The molecule has 2 saturated heterocycles. The summed E-state index contributed by atoms with van der Waals surface area (Å²) in [5.74, 6) is -2.54. The van der Waals surface area contributed by atoms with Crippen LogP contribution in [0.4, 0.5) is 14.9 Å². The first-order valence-corrected chi connectivity index (χ1v) is 17.4. The Bertz CT molecular complexity index is 1880. The Balaban J connectivity index is 1.58. The number of sulfonamides is 1. The summed E-state index contributed by atoms with van der Waals surface area (Å²) in [6, 6.07) is 11.2. The second-order valence-electron chi connectivity index (χ2n) is 12.3. The van der Waals surface area contributed by atoms with Crippen molar-refractivity contribution in [2.45, 2.75) is 54.7 Å². The van der Waals surface area contributed by atoms with Gasteiger partial charge in [-0.15, -0.1) is 0 Å². The van der Waals surface area contributed by atoms with E-state index in [1.54, 1.807) is 19.1 Å². The average Bonchev–Trinajstić information content (AvgIpc) is 3.39. The lowest BCUT2D eigenvalue weighted by molar-refractivity contribution is -0.122. The lowest BCUT2D eigenvalue weighted by atomic mass is 9.79. The zero-order valence-corrected chi connectivity index (χ0v) is 28.1. The van der Waals surface area contributed by atoms with E-state index in [4.69, 9.17) is 9.47 Å². The number of pyridine rings is 1. The van der Waals surface area contributed by atoms with Gasteiger partial charge in [-0.3, -0.25) is 14.6 Å². The van der Waals surface area contributed by atoms with Crippen molar-refractivity contribution >= 4 is 27.7 Å². The third-order valence-electron chi connectivity index (χ3n) is 9.59. The van der Waals surface area contributed by atoms with E-state index in [1.807, 2.05) is 11.9 Å². The lowest BCUT2D eigenvalue weighted by Gasteiger charge is -2.54. The maximum atomic E-state index is 14.9. The fraction of sp³-hybridized carbons (Fsp3) is 0.412. The van der Waals surface area contributed by atoms with Gasteiger partial charge in [-0.25, -0.2) is 26.9 Å². The molecule has 1 aromatic heterocycles. The highest BCUT2D eigenvalue weighted by molar-refractivity contribution is 7.93. The van der Waals surface area contributed by atoms with Crippen LogP contribution in [0.2, 0.25) is 0 Å². The summed E-state index contributed by atoms with van der Waals surface area (Å²) in [6.45, 7) is 3.19. The van der Waals surface area contributed by atoms with Crippen molar-refractivity contribution in [1.82, 2.24) is 19.7 Å². The Morgan fingerprint density at radius 2 is 1.84 bits per heavy atom. The molecule has 2 aromatic carbocycles. The van der Waals surface area contributed by atoms with Crippen molar-refractivity contribution in [3.8, 4) is 17.7 Å². The van der Waals surface area contributed by atoms with Crippen LogP contribution in [0.1, 0.15) is 42.9 Å². The van der Waals surface area contributed by atoms with E-state index in [1.165, 1.54) is 43.6 Å². The lowest BCUT2D eigenvalue weighted by Crippen LogP contribution is -2.66. The minimum atomic E-state index is -4.62. The van der Waals surface area contributed by atoms with Crippen LogP contribution in [0.3, 0.4) is 0 Å². The number of rotatable bonds is 8. The fourth-order valence-corrected chi connectivity index (χ4v) is 8.85. The molecule has 4 unspecified atom stereocenters. The molecule has 4 heterocycles. The van der Waals surface area contributed by atoms with Crippen LogP contribution in [-0.4, -0.2) is 104 Å². The van der Waals surface area contributed by atoms with Crippen molar-refractivity contribution < 1.29 is 37.0 Å². The standard InChI is InChI=1S/C34H37FN6O7S/c1-4-48-32-27(6-5-15-37-32)30-31(39(34(43)44)20-23(19-36)40(30)22-13-16-38(2)17-14-22)29-26-12-7-21(35)18-28(26)41(33(29)42)49(45,46)25-10-8-24(47-3)9-11-25/h5-12,15,18,22-23,29-31H,4,13-14,16-17,20H2,1-3H3,(H,43,44). The van der Waals surface area contributed by atoms with Gasteiger partial charge in [0.15, 0.2) is 0 Å². The number of aromatic nitrogens is 1. The predicted octanol–water partition coefficient (Wildman–Crippen LogP) is 3.84. The van der Waals surface area contributed by atoms with Gasteiger partial charge in [0.2, 0.25) is 5.88 Å². The van der Waals surface area contributed by atoms with Crippen molar-refractivity contribution in [2.24, 2.45) is 0 Å². The van der Waals surface area contributed by atoms with Gasteiger partial charge in [0.1, 0.15) is 17.6 Å². The summed E-state index contributed by atoms with van der Waals surface area (Å²) in [5.41, 5.74) is 0.386. The van der Waals surface area contributed by atoms with E-state index < -0.39 is 51.9 Å². The van der Waals surface area contributed by atoms with Gasteiger partial charge in [-0.1, -0.05) is 12.1 Å². The smallest absolute Gasteiger partial charge is 0.407 e. The van der Waals surface area contributed by atoms with E-state index in [2.05, 4.69) is 16.0 Å². The number of methoxy groups -OCH3 is 1. The molecule has 258 valence electrons. The van der Waals surface area contributed by atoms with Gasteiger partial charge in [0.05, 0.1) is 54.9 Å². The van der Waals surface area contributed by atoms with E-state index in [0.717, 1.165) is 30.1 Å². The number of anilines is 1. The number of piperidine rings is 1. The molecule has 0 bridgehead atoms. The number of piperazine rings is 1. The third kappa shape index (κ3) is 6.04. The summed E-state index contributed by atoms with van der Waals surface area (Å²) in [7, 11) is -1.19. The molecule has 3 aliphatic rings. The first-order chi connectivity index (χ1) is 23.5. The molecular formula is C34H37FN6O7S. The number of nitrogens with zero attached hydrogens (tertiary/aromatic N) is 6. The quantitative estimate of drug-likeness (QED) is 0.366. The van der Waals surface area contributed by atoms with Gasteiger partial charge in [0.25, 0.3) is 15.9 Å². The Hall–Kier alpha value is -4.78. The van der Waals surface area contributed by atoms with Gasteiger partial charge in [-0.2, -0.15) is 5.26 Å². The molecule has 2 amide bonds. The summed E-state index contributed by atoms with van der Waals surface area (Å²) < 4.78 is 55.0. The van der Waals surface area contributed by atoms with Crippen LogP contribution in [-0.2, 0) is 14.8 Å². The maximum absolute atomic E-state index is 14.9. The SMILES string of the molecule is CCOc1ncccc1C1C(C2C(=O)N(S(=O)(=O)c3ccc(OC)cc3)c3cc(F)ccc32)N(C(=O)O)CC(C#N)N1C1CCN(C)CC1. The van der Waals surface area contributed by atoms with Gasteiger partial charge < -0.3 is 19.5 Å². The molecule has 3 aliphatic heterocycles. The van der Waals surface area contributed by atoms with Crippen LogP contribution in [0, 0.1) is 17.1 Å². The molecule has 1 N–H and O–H groups in total. The molecule has 3 aromatic rings. The normalized spacial score (nSPS) is 23.6. The molecule has 2 fully saturated rings. The molecule has 0 radical (unpaired) electrons. The topological polar surface area (TPSA) is 157 Å². The van der Waals surface area contributed by atoms with Crippen LogP contribution in [0.25, 0.3) is 0 Å². The first kappa shape index (κ1) is 34.1. The van der Waals surface area contributed by atoms with E-state index >= 15 is 0 Å². The number of hydrogen-bond acceptors (Lipinski definition) is 10. The summed E-state index contributed by atoms with van der Waals surface area (Å²) in [5, 5.41) is 21.2. The van der Waals surface area contributed by atoms with E-state index in [-0.39, 0.29) is 41.2 Å². The number of likely N-dealkylation sites (tertiary alicyclic amines) is 1. The minimum Gasteiger partial charge on any atom is -0.497 e.